The van der Waals surface area contributed by atoms with Crippen LogP contribution in [0.5, 0.6) is 0 Å². The van der Waals surface area contributed by atoms with E-state index in [1.807, 2.05) is 12.1 Å². The molecule has 0 aliphatic carbocycles. The van der Waals surface area contributed by atoms with Crippen LogP contribution in [0.15, 0.2) is 36.9 Å². The summed E-state index contributed by atoms with van der Waals surface area (Å²) in [6.07, 6.45) is 4.30. The molecule has 2 rings (SSSR count). The molecule has 3 heteroatoms. The van der Waals surface area contributed by atoms with Crippen molar-refractivity contribution in [2.75, 3.05) is 29.4 Å². The van der Waals surface area contributed by atoms with E-state index < -0.39 is 0 Å². The van der Waals surface area contributed by atoms with Crippen LogP contribution in [-0.4, -0.2) is 25.5 Å². The first kappa shape index (κ1) is 12.7. The number of amides is 1. The standard InChI is InChI=1S/C15H20N2O/c1-3-10-17(13(2)18)15-8-6-14(7-9-15)16-11-4-5-12-16/h3,6-9H,1,4-5,10-12H2,2H3. The summed E-state index contributed by atoms with van der Waals surface area (Å²) < 4.78 is 0. The second-order valence-corrected chi connectivity index (χ2v) is 4.63. The normalized spacial score (nSPS) is 14.6. The number of anilines is 2. The third-order valence-electron chi connectivity index (χ3n) is 3.32. The van der Waals surface area contributed by atoms with Gasteiger partial charge in [-0.2, -0.15) is 0 Å². The Morgan fingerprint density at radius 3 is 2.44 bits per heavy atom. The van der Waals surface area contributed by atoms with Crippen LogP contribution < -0.4 is 9.80 Å². The average Bonchev–Trinajstić information content (AvgIpc) is 2.90. The fourth-order valence-electron chi connectivity index (χ4n) is 2.36. The lowest BCUT2D eigenvalue weighted by Crippen LogP contribution is -2.28. The maximum Gasteiger partial charge on any atom is 0.224 e. The zero-order chi connectivity index (χ0) is 13.0. The van der Waals surface area contributed by atoms with Gasteiger partial charge in [0.05, 0.1) is 0 Å². The topological polar surface area (TPSA) is 23.6 Å². The molecule has 96 valence electrons. The minimum absolute atomic E-state index is 0.0452. The molecule has 1 aliphatic rings. The Balaban J connectivity index is 2.14. The van der Waals surface area contributed by atoms with Crippen molar-refractivity contribution in [3.05, 3.63) is 36.9 Å². The summed E-state index contributed by atoms with van der Waals surface area (Å²) >= 11 is 0. The summed E-state index contributed by atoms with van der Waals surface area (Å²) in [4.78, 5) is 15.7. The molecule has 1 amide bonds. The zero-order valence-electron chi connectivity index (χ0n) is 10.9. The molecule has 1 aromatic rings. The second-order valence-electron chi connectivity index (χ2n) is 4.63. The minimum atomic E-state index is 0.0452. The summed E-state index contributed by atoms with van der Waals surface area (Å²) in [6, 6.07) is 8.22. The van der Waals surface area contributed by atoms with Crippen LogP contribution in [0.1, 0.15) is 19.8 Å². The second kappa shape index (κ2) is 5.71. The van der Waals surface area contributed by atoms with E-state index in [2.05, 4.69) is 23.6 Å². The molecular weight excluding hydrogens is 224 g/mol. The smallest absolute Gasteiger partial charge is 0.224 e. The molecule has 1 heterocycles. The van der Waals surface area contributed by atoms with Gasteiger partial charge in [0.1, 0.15) is 0 Å². The number of carbonyl (C=O) groups excluding carboxylic acids is 1. The maximum absolute atomic E-state index is 11.5. The first-order valence-electron chi connectivity index (χ1n) is 6.46. The molecule has 18 heavy (non-hydrogen) atoms. The largest absolute Gasteiger partial charge is 0.372 e. The molecule has 0 unspecified atom stereocenters. The number of benzene rings is 1. The zero-order valence-corrected chi connectivity index (χ0v) is 10.9. The van der Waals surface area contributed by atoms with E-state index in [0.29, 0.717) is 6.54 Å². The molecule has 1 aromatic carbocycles. The summed E-state index contributed by atoms with van der Waals surface area (Å²) in [7, 11) is 0. The highest BCUT2D eigenvalue weighted by molar-refractivity contribution is 5.91. The van der Waals surface area contributed by atoms with Gasteiger partial charge in [-0.05, 0) is 37.1 Å². The third-order valence-corrected chi connectivity index (χ3v) is 3.32. The molecule has 0 atom stereocenters. The van der Waals surface area contributed by atoms with Gasteiger partial charge in [0.2, 0.25) is 5.91 Å². The van der Waals surface area contributed by atoms with Gasteiger partial charge in [-0.25, -0.2) is 0 Å². The Kier molecular flexibility index (Phi) is 4.03. The molecule has 0 N–H and O–H groups in total. The van der Waals surface area contributed by atoms with E-state index in [1.54, 1.807) is 17.9 Å². The molecule has 0 spiro atoms. The summed E-state index contributed by atoms with van der Waals surface area (Å²) in [5, 5.41) is 0. The molecule has 0 bridgehead atoms. The van der Waals surface area contributed by atoms with Crippen LogP contribution in [-0.2, 0) is 4.79 Å². The highest BCUT2D eigenvalue weighted by atomic mass is 16.2. The van der Waals surface area contributed by atoms with Gasteiger partial charge in [0.25, 0.3) is 0 Å². The van der Waals surface area contributed by atoms with E-state index in [4.69, 9.17) is 0 Å². The first-order valence-corrected chi connectivity index (χ1v) is 6.46. The lowest BCUT2D eigenvalue weighted by atomic mass is 10.2. The lowest BCUT2D eigenvalue weighted by Gasteiger charge is -2.22. The lowest BCUT2D eigenvalue weighted by molar-refractivity contribution is -0.116. The average molecular weight is 244 g/mol. The molecule has 0 saturated carbocycles. The molecule has 0 radical (unpaired) electrons. The van der Waals surface area contributed by atoms with Crippen LogP contribution in [0.4, 0.5) is 11.4 Å². The Morgan fingerprint density at radius 2 is 1.94 bits per heavy atom. The van der Waals surface area contributed by atoms with E-state index in [0.717, 1.165) is 18.8 Å². The van der Waals surface area contributed by atoms with Gasteiger partial charge in [0.15, 0.2) is 0 Å². The Morgan fingerprint density at radius 1 is 1.33 bits per heavy atom. The van der Waals surface area contributed by atoms with E-state index >= 15 is 0 Å². The quantitative estimate of drug-likeness (QED) is 0.760. The molecular formula is C15H20N2O. The third kappa shape index (κ3) is 2.73. The summed E-state index contributed by atoms with van der Waals surface area (Å²) in [5.41, 5.74) is 2.18. The number of hydrogen-bond acceptors (Lipinski definition) is 2. The van der Waals surface area contributed by atoms with E-state index in [-0.39, 0.29) is 5.91 Å². The molecule has 3 nitrogen and oxygen atoms in total. The van der Waals surface area contributed by atoms with Crippen molar-refractivity contribution in [3.63, 3.8) is 0 Å². The van der Waals surface area contributed by atoms with E-state index in [1.165, 1.54) is 18.5 Å². The van der Waals surface area contributed by atoms with Gasteiger partial charge in [-0.1, -0.05) is 6.08 Å². The van der Waals surface area contributed by atoms with Gasteiger partial charge in [-0.3, -0.25) is 4.79 Å². The van der Waals surface area contributed by atoms with Crippen molar-refractivity contribution >= 4 is 17.3 Å². The fraction of sp³-hybridized carbons (Fsp3) is 0.400. The van der Waals surface area contributed by atoms with Crippen molar-refractivity contribution in [1.29, 1.82) is 0 Å². The monoisotopic (exact) mass is 244 g/mol. The predicted molar refractivity (Wildman–Crippen MR) is 76.1 cm³/mol. The van der Waals surface area contributed by atoms with Crippen molar-refractivity contribution in [2.24, 2.45) is 0 Å². The van der Waals surface area contributed by atoms with Crippen LogP contribution in [0, 0.1) is 0 Å². The molecule has 1 fully saturated rings. The Bertz CT molecular complexity index is 419. The maximum atomic E-state index is 11.5. The highest BCUT2D eigenvalue weighted by Crippen LogP contribution is 2.23. The van der Waals surface area contributed by atoms with Crippen molar-refractivity contribution in [2.45, 2.75) is 19.8 Å². The number of nitrogens with zero attached hydrogens (tertiary/aromatic N) is 2. The summed E-state index contributed by atoms with van der Waals surface area (Å²) in [6.45, 7) is 8.10. The van der Waals surface area contributed by atoms with Gasteiger partial charge >= 0.3 is 0 Å². The highest BCUT2D eigenvalue weighted by Gasteiger charge is 2.13. The number of carbonyl (C=O) groups is 1. The molecule has 1 saturated heterocycles. The van der Waals surface area contributed by atoms with Crippen LogP contribution in [0.3, 0.4) is 0 Å². The van der Waals surface area contributed by atoms with Crippen LogP contribution in [0.25, 0.3) is 0 Å². The van der Waals surface area contributed by atoms with Gasteiger partial charge in [0, 0.05) is 37.9 Å². The number of hydrogen-bond donors (Lipinski definition) is 0. The van der Waals surface area contributed by atoms with Crippen molar-refractivity contribution < 1.29 is 4.79 Å². The van der Waals surface area contributed by atoms with Gasteiger partial charge < -0.3 is 9.80 Å². The Hall–Kier alpha value is -1.77. The van der Waals surface area contributed by atoms with E-state index in [9.17, 15) is 4.79 Å². The predicted octanol–water partition coefficient (Wildman–Crippen LogP) is 2.83. The first-order chi connectivity index (χ1) is 8.72. The van der Waals surface area contributed by atoms with Gasteiger partial charge in [-0.15, -0.1) is 6.58 Å². The van der Waals surface area contributed by atoms with Crippen molar-refractivity contribution in [1.82, 2.24) is 0 Å². The Labute approximate surface area is 109 Å². The molecule has 0 aromatic heterocycles. The summed E-state index contributed by atoms with van der Waals surface area (Å²) in [5.74, 6) is 0.0452. The fourth-order valence-corrected chi connectivity index (χ4v) is 2.36. The van der Waals surface area contributed by atoms with Crippen LogP contribution >= 0.6 is 0 Å². The van der Waals surface area contributed by atoms with Crippen LogP contribution in [0.2, 0.25) is 0 Å². The number of rotatable bonds is 4. The SMILES string of the molecule is C=CCN(C(C)=O)c1ccc(N2CCCC2)cc1. The van der Waals surface area contributed by atoms with Crippen molar-refractivity contribution in [3.8, 4) is 0 Å². The minimum Gasteiger partial charge on any atom is -0.372 e. The molecule has 1 aliphatic heterocycles.